The molecule has 44 heavy (non-hydrogen) atoms. The summed E-state index contributed by atoms with van der Waals surface area (Å²) < 4.78 is 61.1. The summed E-state index contributed by atoms with van der Waals surface area (Å²) in [6.07, 6.45) is 1.85. The molecule has 232 valence electrons. The van der Waals surface area contributed by atoms with Crippen molar-refractivity contribution in [1.82, 2.24) is 13.6 Å². The van der Waals surface area contributed by atoms with E-state index in [9.17, 15) is 26.4 Å². The molecular formula is C31H34N4O7S2. The zero-order valence-electron chi connectivity index (χ0n) is 24.6. The lowest BCUT2D eigenvalue weighted by Crippen LogP contribution is -2.42. The maximum Gasteiger partial charge on any atom is 0.355 e. The Bertz CT molecular complexity index is 1970. The maximum atomic E-state index is 14.1. The van der Waals surface area contributed by atoms with E-state index in [-0.39, 0.29) is 28.6 Å². The molecule has 0 radical (unpaired) electrons. The fraction of sp³-hybridized carbons (Fsp3) is 0.290. The van der Waals surface area contributed by atoms with Gasteiger partial charge < -0.3 is 15.5 Å². The van der Waals surface area contributed by atoms with Crippen LogP contribution in [0.2, 0.25) is 0 Å². The fourth-order valence-corrected chi connectivity index (χ4v) is 8.30. The van der Waals surface area contributed by atoms with Crippen LogP contribution in [0.25, 0.3) is 10.9 Å². The number of para-hydroxylation sites is 1. The summed E-state index contributed by atoms with van der Waals surface area (Å²) in [6.45, 7) is 5.81. The lowest BCUT2D eigenvalue weighted by atomic mass is 10.1. The molecule has 0 saturated carbocycles. The second-order valence-corrected chi connectivity index (χ2v) is 14.6. The van der Waals surface area contributed by atoms with Crippen LogP contribution in [0.15, 0.2) is 71.8 Å². The standard InChI is InChI=1S/C31H34N4O7S2/c1-20-10-11-24(16-21(20)2)42-29-13-12-25(17-22(29)3)44(40,41)34-28(18-23-19-33-27-9-5-4-8-26(23)27)30(36)35(31(34)37)43(38,39)15-7-6-14-32/h4-5,8-13,16-17,19,28,33H,6-7,14-15,18,32H2,1-3H3. The molecule has 3 amide bonds. The molecule has 2 heterocycles. The lowest BCUT2D eigenvalue weighted by Gasteiger charge is -2.22. The molecular weight excluding hydrogens is 604 g/mol. The highest BCUT2D eigenvalue weighted by atomic mass is 32.2. The van der Waals surface area contributed by atoms with E-state index in [2.05, 4.69) is 4.98 Å². The van der Waals surface area contributed by atoms with Gasteiger partial charge in [0, 0.05) is 23.5 Å². The third-order valence-corrected chi connectivity index (χ3v) is 11.2. The first-order valence-electron chi connectivity index (χ1n) is 14.1. The number of aryl methyl sites for hydroxylation is 3. The molecule has 3 aromatic carbocycles. The zero-order valence-corrected chi connectivity index (χ0v) is 26.2. The van der Waals surface area contributed by atoms with E-state index in [4.69, 9.17) is 10.5 Å². The highest BCUT2D eigenvalue weighted by molar-refractivity contribution is 7.91. The molecule has 4 aromatic rings. The number of unbranched alkanes of at least 4 members (excludes halogenated alkanes) is 1. The molecule has 1 fully saturated rings. The number of ether oxygens (including phenoxy) is 1. The van der Waals surface area contributed by atoms with Gasteiger partial charge in [-0.2, -0.15) is 4.31 Å². The third-order valence-electron chi connectivity index (χ3n) is 7.76. The molecule has 11 nitrogen and oxygen atoms in total. The van der Waals surface area contributed by atoms with Crippen molar-refractivity contribution < 1.29 is 31.2 Å². The monoisotopic (exact) mass is 638 g/mol. The van der Waals surface area contributed by atoms with Crippen molar-refractivity contribution in [3.05, 3.63) is 89.1 Å². The number of aromatic nitrogens is 1. The Morgan fingerprint density at radius 3 is 2.34 bits per heavy atom. The van der Waals surface area contributed by atoms with Crippen LogP contribution in [0.4, 0.5) is 4.79 Å². The first-order chi connectivity index (χ1) is 20.8. The van der Waals surface area contributed by atoms with Crippen LogP contribution in [0.5, 0.6) is 11.5 Å². The number of carbonyl (C=O) groups excluding carboxylic acids is 2. The largest absolute Gasteiger partial charge is 0.457 e. The molecule has 0 spiro atoms. The number of H-pyrrole nitrogens is 1. The summed E-state index contributed by atoms with van der Waals surface area (Å²) in [5, 5.41) is 0.720. The topological polar surface area (TPSA) is 160 Å². The Morgan fingerprint density at radius 2 is 1.64 bits per heavy atom. The van der Waals surface area contributed by atoms with Crippen molar-refractivity contribution in [3.63, 3.8) is 0 Å². The minimum absolute atomic E-state index is 0.102. The minimum Gasteiger partial charge on any atom is -0.457 e. The number of nitrogens with one attached hydrogen (secondary N) is 1. The number of carbonyl (C=O) groups is 2. The van der Waals surface area contributed by atoms with Crippen LogP contribution in [0.1, 0.15) is 35.1 Å². The molecule has 1 aliphatic rings. The van der Waals surface area contributed by atoms with E-state index in [1.54, 1.807) is 31.3 Å². The quantitative estimate of drug-likeness (QED) is 0.179. The molecule has 1 saturated heterocycles. The summed E-state index contributed by atoms with van der Waals surface area (Å²) in [5.41, 5.74) is 9.38. The molecule has 0 bridgehead atoms. The van der Waals surface area contributed by atoms with E-state index in [1.165, 1.54) is 18.2 Å². The van der Waals surface area contributed by atoms with Gasteiger partial charge in [-0.25, -0.2) is 25.9 Å². The van der Waals surface area contributed by atoms with Gasteiger partial charge in [-0.1, -0.05) is 24.3 Å². The van der Waals surface area contributed by atoms with Crippen LogP contribution in [0, 0.1) is 20.8 Å². The summed E-state index contributed by atoms with van der Waals surface area (Å²) in [5.74, 6) is -0.682. The number of amides is 3. The maximum absolute atomic E-state index is 14.1. The number of nitrogens with two attached hydrogens (primary N) is 1. The molecule has 1 unspecified atom stereocenters. The predicted molar refractivity (Wildman–Crippen MR) is 166 cm³/mol. The summed E-state index contributed by atoms with van der Waals surface area (Å²) in [6, 6.07) is 13.8. The Kier molecular flexibility index (Phi) is 8.56. The number of aromatic amines is 1. The van der Waals surface area contributed by atoms with Gasteiger partial charge in [0.1, 0.15) is 17.5 Å². The van der Waals surface area contributed by atoms with Gasteiger partial charge >= 0.3 is 6.03 Å². The van der Waals surface area contributed by atoms with E-state index in [1.807, 2.05) is 38.1 Å². The third kappa shape index (κ3) is 5.82. The molecule has 0 aliphatic carbocycles. The number of fused-ring (bicyclic) bond motifs is 1. The lowest BCUT2D eigenvalue weighted by molar-refractivity contribution is -0.124. The van der Waals surface area contributed by atoms with Crippen LogP contribution >= 0.6 is 0 Å². The second-order valence-electron chi connectivity index (χ2n) is 10.9. The highest BCUT2D eigenvalue weighted by Gasteiger charge is 2.55. The first-order valence-corrected chi connectivity index (χ1v) is 17.2. The van der Waals surface area contributed by atoms with E-state index in [0.717, 1.165) is 22.0 Å². The number of nitrogens with zero attached hydrogens (tertiary/aromatic N) is 2. The van der Waals surface area contributed by atoms with Gasteiger partial charge in [0.15, 0.2) is 0 Å². The van der Waals surface area contributed by atoms with Crippen LogP contribution in [-0.2, 0) is 31.3 Å². The van der Waals surface area contributed by atoms with E-state index < -0.39 is 43.8 Å². The molecule has 13 heteroatoms. The van der Waals surface area contributed by atoms with Gasteiger partial charge in [0.05, 0.1) is 10.6 Å². The van der Waals surface area contributed by atoms with Crippen molar-refractivity contribution in [2.45, 2.75) is 51.0 Å². The smallest absolute Gasteiger partial charge is 0.355 e. The number of hydrogen-bond donors (Lipinski definition) is 2. The number of urea groups is 1. The summed E-state index contributed by atoms with van der Waals surface area (Å²) in [4.78, 5) is 30.2. The number of imide groups is 1. The summed E-state index contributed by atoms with van der Waals surface area (Å²) >= 11 is 0. The molecule has 5 rings (SSSR count). The van der Waals surface area contributed by atoms with Crippen molar-refractivity contribution in [2.24, 2.45) is 5.73 Å². The Hall–Kier alpha value is -4.20. The van der Waals surface area contributed by atoms with Gasteiger partial charge in [0.2, 0.25) is 10.0 Å². The normalized spacial score (nSPS) is 15.9. The average molecular weight is 639 g/mol. The summed E-state index contributed by atoms with van der Waals surface area (Å²) in [7, 11) is -9.17. The minimum atomic E-state index is -4.70. The molecule has 1 aromatic heterocycles. The van der Waals surface area contributed by atoms with Crippen molar-refractivity contribution in [3.8, 4) is 11.5 Å². The second kappa shape index (κ2) is 12.1. The average Bonchev–Trinajstić information content (AvgIpc) is 3.49. The number of hydrogen-bond acceptors (Lipinski definition) is 8. The van der Waals surface area contributed by atoms with Crippen molar-refractivity contribution in [1.29, 1.82) is 0 Å². The van der Waals surface area contributed by atoms with Crippen LogP contribution in [-0.4, -0.2) is 60.7 Å². The van der Waals surface area contributed by atoms with Crippen molar-refractivity contribution >= 4 is 42.9 Å². The van der Waals surface area contributed by atoms with Crippen LogP contribution in [0.3, 0.4) is 0 Å². The Balaban J connectivity index is 1.53. The van der Waals surface area contributed by atoms with Gasteiger partial charge in [0.25, 0.3) is 15.9 Å². The van der Waals surface area contributed by atoms with E-state index in [0.29, 0.717) is 33.4 Å². The number of rotatable bonds is 11. The zero-order chi connectivity index (χ0) is 31.8. The molecule has 1 atom stereocenters. The molecule has 3 N–H and O–H groups in total. The molecule has 1 aliphatic heterocycles. The van der Waals surface area contributed by atoms with E-state index >= 15 is 0 Å². The Morgan fingerprint density at radius 1 is 0.886 bits per heavy atom. The number of sulfonamides is 2. The van der Waals surface area contributed by atoms with Gasteiger partial charge in [-0.15, -0.1) is 0 Å². The predicted octanol–water partition coefficient (Wildman–Crippen LogP) is 4.52. The SMILES string of the molecule is Cc1ccc(Oc2ccc(S(=O)(=O)N3C(=O)N(S(=O)(=O)CCCCN)C(=O)C3Cc3c[nH]c4ccccc34)cc2C)cc1C. The van der Waals surface area contributed by atoms with Gasteiger partial charge in [-0.3, -0.25) is 4.79 Å². The first kappa shape index (κ1) is 31.2. The Labute approximate surface area is 256 Å². The highest BCUT2D eigenvalue weighted by Crippen LogP contribution is 2.34. The van der Waals surface area contributed by atoms with Crippen LogP contribution < -0.4 is 10.5 Å². The number of benzene rings is 3. The fourth-order valence-electron chi connectivity index (χ4n) is 5.19. The van der Waals surface area contributed by atoms with Gasteiger partial charge in [-0.05, 0) is 98.8 Å². The van der Waals surface area contributed by atoms with Crippen molar-refractivity contribution in [2.75, 3.05) is 12.3 Å².